The number of benzene rings is 1. The van der Waals surface area contributed by atoms with Gasteiger partial charge < -0.3 is 15.8 Å². The Kier molecular flexibility index (Phi) is 4.51. The lowest BCUT2D eigenvalue weighted by atomic mass is 10.2. The SMILES string of the molecule is CNC(=O)C(C)OC(=O)c1cc(N)cc(Br)c1. The van der Waals surface area contributed by atoms with Gasteiger partial charge in [-0.05, 0) is 25.1 Å². The summed E-state index contributed by atoms with van der Waals surface area (Å²) in [6, 6.07) is 4.73. The van der Waals surface area contributed by atoms with Crippen molar-refractivity contribution in [2.45, 2.75) is 13.0 Å². The Morgan fingerprint density at radius 3 is 2.59 bits per heavy atom. The van der Waals surface area contributed by atoms with Gasteiger partial charge in [0.2, 0.25) is 0 Å². The lowest BCUT2D eigenvalue weighted by Crippen LogP contribution is -2.33. The van der Waals surface area contributed by atoms with E-state index >= 15 is 0 Å². The highest BCUT2D eigenvalue weighted by Gasteiger charge is 2.18. The first kappa shape index (κ1) is 13.5. The van der Waals surface area contributed by atoms with Gasteiger partial charge in [0.05, 0.1) is 5.56 Å². The van der Waals surface area contributed by atoms with Crippen LogP contribution < -0.4 is 11.1 Å². The molecule has 0 aliphatic carbocycles. The number of likely N-dealkylation sites (N-methyl/N-ethyl adjacent to an activating group) is 1. The van der Waals surface area contributed by atoms with Crippen molar-refractivity contribution in [3.63, 3.8) is 0 Å². The summed E-state index contributed by atoms with van der Waals surface area (Å²) in [6.07, 6.45) is -0.840. The van der Waals surface area contributed by atoms with Gasteiger partial charge in [0.15, 0.2) is 6.10 Å². The van der Waals surface area contributed by atoms with Crippen LogP contribution in [0.4, 0.5) is 5.69 Å². The molecule has 1 aromatic carbocycles. The molecule has 1 aromatic rings. The number of halogens is 1. The standard InChI is InChI=1S/C11H13BrN2O3/c1-6(10(15)14-2)17-11(16)7-3-8(12)5-9(13)4-7/h3-6H,13H2,1-2H3,(H,14,15). The Hall–Kier alpha value is -1.56. The topological polar surface area (TPSA) is 81.4 Å². The number of hydrogen-bond acceptors (Lipinski definition) is 4. The van der Waals surface area contributed by atoms with E-state index < -0.39 is 12.1 Å². The fourth-order valence-electron chi connectivity index (χ4n) is 1.22. The van der Waals surface area contributed by atoms with E-state index in [0.29, 0.717) is 15.7 Å². The second kappa shape index (κ2) is 5.67. The predicted molar refractivity (Wildman–Crippen MR) is 67.5 cm³/mol. The van der Waals surface area contributed by atoms with E-state index in [1.165, 1.54) is 20.0 Å². The highest BCUT2D eigenvalue weighted by molar-refractivity contribution is 9.10. The Bertz CT molecular complexity index is 428. The molecule has 6 heteroatoms. The van der Waals surface area contributed by atoms with Crippen molar-refractivity contribution < 1.29 is 14.3 Å². The quantitative estimate of drug-likeness (QED) is 0.652. The number of esters is 1. The molecule has 0 spiro atoms. The minimum absolute atomic E-state index is 0.299. The first-order valence-corrected chi connectivity index (χ1v) is 5.72. The molecular formula is C11H13BrN2O3. The second-order valence-electron chi connectivity index (χ2n) is 3.44. The number of carbonyl (C=O) groups is 2. The van der Waals surface area contributed by atoms with E-state index in [2.05, 4.69) is 21.2 Å². The molecule has 0 saturated carbocycles. The van der Waals surface area contributed by atoms with E-state index in [1.54, 1.807) is 12.1 Å². The van der Waals surface area contributed by atoms with Gasteiger partial charge in [-0.25, -0.2) is 4.79 Å². The fourth-order valence-corrected chi connectivity index (χ4v) is 1.73. The molecule has 1 rings (SSSR count). The molecule has 1 unspecified atom stereocenters. The maximum Gasteiger partial charge on any atom is 0.339 e. The zero-order valence-electron chi connectivity index (χ0n) is 9.49. The van der Waals surface area contributed by atoms with E-state index in [0.717, 1.165) is 0 Å². The number of nitrogen functional groups attached to an aromatic ring is 1. The van der Waals surface area contributed by atoms with Crippen LogP contribution in [-0.2, 0) is 9.53 Å². The van der Waals surface area contributed by atoms with Gasteiger partial charge in [0, 0.05) is 17.2 Å². The van der Waals surface area contributed by atoms with Crippen molar-refractivity contribution in [3.05, 3.63) is 28.2 Å². The van der Waals surface area contributed by atoms with Crippen molar-refractivity contribution in [3.8, 4) is 0 Å². The van der Waals surface area contributed by atoms with Gasteiger partial charge in [0.1, 0.15) is 0 Å². The van der Waals surface area contributed by atoms with Crippen molar-refractivity contribution in [1.82, 2.24) is 5.32 Å². The van der Waals surface area contributed by atoms with E-state index in [1.807, 2.05) is 0 Å². The third-order valence-corrected chi connectivity index (χ3v) is 2.51. The number of hydrogen-bond donors (Lipinski definition) is 2. The van der Waals surface area contributed by atoms with Gasteiger partial charge in [0.25, 0.3) is 5.91 Å². The van der Waals surface area contributed by atoms with Crippen molar-refractivity contribution in [2.24, 2.45) is 0 Å². The summed E-state index contributed by atoms with van der Waals surface area (Å²) >= 11 is 3.22. The molecule has 17 heavy (non-hydrogen) atoms. The van der Waals surface area contributed by atoms with Crippen LogP contribution >= 0.6 is 15.9 Å². The van der Waals surface area contributed by atoms with Crippen LogP contribution in [0.3, 0.4) is 0 Å². The monoisotopic (exact) mass is 300 g/mol. The lowest BCUT2D eigenvalue weighted by molar-refractivity contribution is -0.128. The molecule has 0 aliphatic heterocycles. The average Bonchev–Trinajstić information content (AvgIpc) is 2.26. The predicted octanol–water partition coefficient (Wildman–Crippen LogP) is 1.32. The first-order chi connectivity index (χ1) is 7.93. The molecule has 3 N–H and O–H groups in total. The molecule has 92 valence electrons. The Labute approximate surface area is 107 Å². The Balaban J connectivity index is 2.79. The summed E-state index contributed by atoms with van der Waals surface area (Å²) in [5.41, 5.74) is 6.34. The van der Waals surface area contributed by atoms with Crippen LogP contribution in [0.15, 0.2) is 22.7 Å². The lowest BCUT2D eigenvalue weighted by Gasteiger charge is -2.12. The Morgan fingerprint density at radius 2 is 2.06 bits per heavy atom. The van der Waals surface area contributed by atoms with Gasteiger partial charge >= 0.3 is 5.97 Å². The third kappa shape index (κ3) is 3.74. The molecule has 0 aliphatic rings. The summed E-state index contributed by atoms with van der Waals surface area (Å²) in [7, 11) is 1.48. The van der Waals surface area contributed by atoms with Crippen LogP contribution in [0.2, 0.25) is 0 Å². The molecule has 0 fully saturated rings. The van der Waals surface area contributed by atoms with E-state index in [-0.39, 0.29) is 5.91 Å². The normalized spacial score (nSPS) is 11.7. The molecule has 1 atom stereocenters. The summed E-state index contributed by atoms with van der Waals surface area (Å²) in [5, 5.41) is 2.39. The highest BCUT2D eigenvalue weighted by Crippen LogP contribution is 2.18. The summed E-state index contributed by atoms with van der Waals surface area (Å²) in [4.78, 5) is 22.9. The highest BCUT2D eigenvalue weighted by atomic mass is 79.9. The van der Waals surface area contributed by atoms with Crippen LogP contribution in [0.5, 0.6) is 0 Å². The smallest absolute Gasteiger partial charge is 0.339 e. The fraction of sp³-hybridized carbons (Fsp3) is 0.273. The molecule has 0 saturated heterocycles. The van der Waals surface area contributed by atoms with Gasteiger partial charge in [-0.2, -0.15) is 0 Å². The zero-order chi connectivity index (χ0) is 13.0. The third-order valence-electron chi connectivity index (χ3n) is 2.06. The van der Waals surface area contributed by atoms with Crippen LogP contribution in [0.25, 0.3) is 0 Å². The molecule has 0 aromatic heterocycles. The number of amides is 1. The largest absolute Gasteiger partial charge is 0.449 e. The molecule has 1 amide bonds. The van der Waals surface area contributed by atoms with Crippen LogP contribution in [-0.4, -0.2) is 25.0 Å². The molecule has 0 bridgehead atoms. The van der Waals surface area contributed by atoms with Gasteiger partial charge in [-0.15, -0.1) is 0 Å². The van der Waals surface area contributed by atoms with Crippen molar-refractivity contribution in [2.75, 3.05) is 12.8 Å². The van der Waals surface area contributed by atoms with Crippen molar-refractivity contribution >= 4 is 33.5 Å². The summed E-state index contributed by atoms with van der Waals surface area (Å²) in [5.74, 6) is -0.949. The number of rotatable bonds is 3. The summed E-state index contributed by atoms with van der Waals surface area (Å²) < 4.78 is 5.65. The molecular weight excluding hydrogens is 288 g/mol. The van der Waals surface area contributed by atoms with Gasteiger partial charge in [-0.1, -0.05) is 15.9 Å². The minimum Gasteiger partial charge on any atom is -0.449 e. The zero-order valence-corrected chi connectivity index (χ0v) is 11.1. The second-order valence-corrected chi connectivity index (χ2v) is 4.35. The van der Waals surface area contributed by atoms with Crippen LogP contribution in [0, 0.1) is 0 Å². The molecule has 0 heterocycles. The number of anilines is 1. The average molecular weight is 301 g/mol. The summed E-state index contributed by atoms with van der Waals surface area (Å²) in [6.45, 7) is 1.50. The first-order valence-electron chi connectivity index (χ1n) is 4.92. The van der Waals surface area contributed by atoms with Crippen molar-refractivity contribution in [1.29, 1.82) is 0 Å². The molecule has 0 radical (unpaired) electrons. The van der Waals surface area contributed by atoms with E-state index in [9.17, 15) is 9.59 Å². The minimum atomic E-state index is -0.840. The van der Waals surface area contributed by atoms with E-state index in [4.69, 9.17) is 10.5 Å². The maximum atomic E-state index is 11.7. The molecule has 5 nitrogen and oxygen atoms in total. The maximum absolute atomic E-state index is 11.7. The number of ether oxygens (including phenoxy) is 1. The van der Waals surface area contributed by atoms with Gasteiger partial charge in [-0.3, -0.25) is 4.79 Å². The number of carbonyl (C=O) groups excluding carboxylic acids is 2. The number of nitrogens with one attached hydrogen (secondary N) is 1. The Morgan fingerprint density at radius 1 is 1.41 bits per heavy atom. The van der Waals surface area contributed by atoms with Crippen LogP contribution in [0.1, 0.15) is 17.3 Å². The number of nitrogens with two attached hydrogens (primary N) is 1.